The minimum Gasteiger partial charge on any atom is -0.386 e. The summed E-state index contributed by atoms with van der Waals surface area (Å²) < 4.78 is 1.70. The van der Waals surface area contributed by atoms with E-state index in [0.717, 1.165) is 28.9 Å². The van der Waals surface area contributed by atoms with Gasteiger partial charge in [-0.2, -0.15) is 10.4 Å². The summed E-state index contributed by atoms with van der Waals surface area (Å²) in [6.07, 6.45) is 6.67. The van der Waals surface area contributed by atoms with Crippen LogP contribution in [0, 0.1) is 25.2 Å². The second kappa shape index (κ2) is 9.97. The highest BCUT2D eigenvalue weighted by atomic mass is 16.1. The smallest absolute Gasteiger partial charge is 0.254 e. The molecule has 28 heavy (non-hydrogen) atoms. The van der Waals surface area contributed by atoms with Gasteiger partial charge in [-0.15, -0.1) is 0 Å². The number of allylic oxidation sites excluding steroid dienone is 1. The number of nitriles is 1. The number of carbonyl (C=O) groups excluding carboxylic acids is 1. The Morgan fingerprint density at radius 2 is 2.04 bits per heavy atom. The normalized spacial score (nSPS) is 10.9. The maximum Gasteiger partial charge on any atom is 0.254 e. The van der Waals surface area contributed by atoms with Crippen LogP contribution >= 0.6 is 0 Å². The van der Waals surface area contributed by atoms with Gasteiger partial charge in [-0.3, -0.25) is 9.48 Å². The number of carbonyl (C=O) groups is 1. The molecule has 0 spiro atoms. The number of benzene rings is 1. The summed E-state index contributed by atoms with van der Waals surface area (Å²) in [5.41, 5.74) is 5.05. The second-order valence-corrected chi connectivity index (χ2v) is 6.38. The number of nitrogens with one attached hydrogen (secondary N) is 3. The first kappa shape index (κ1) is 20.8. The fourth-order valence-electron chi connectivity index (χ4n) is 2.89. The van der Waals surface area contributed by atoms with Gasteiger partial charge in [0.1, 0.15) is 0 Å². The molecule has 0 radical (unpaired) electrons. The second-order valence-electron chi connectivity index (χ2n) is 6.38. The molecule has 0 bridgehead atoms. The number of aryl methyl sites for hydroxylation is 2. The van der Waals surface area contributed by atoms with Gasteiger partial charge in [0.05, 0.1) is 29.9 Å². The van der Waals surface area contributed by atoms with Gasteiger partial charge in [0.15, 0.2) is 0 Å². The van der Waals surface area contributed by atoms with Crippen molar-refractivity contribution >= 4 is 5.91 Å². The third-order valence-corrected chi connectivity index (χ3v) is 4.26. The molecule has 2 rings (SSSR count). The van der Waals surface area contributed by atoms with Crippen LogP contribution in [-0.4, -0.2) is 22.2 Å². The summed E-state index contributed by atoms with van der Waals surface area (Å²) in [7, 11) is 0. The largest absolute Gasteiger partial charge is 0.386 e. The highest BCUT2D eigenvalue weighted by Crippen LogP contribution is 2.16. The molecule has 0 atom stereocenters. The third kappa shape index (κ3) is 5.48. The molecule has 2 aromatic rings. The van der Waals surface area contributed by atoms with Crippen LogP contribution in [0.3, 0.4) is 0 Å². The maximum absolute atomic E-state index is 12.5. The zero-order valence-corrected chi connectivity index (χ0v) is 16.5. The lowest BCUT2D eigenvalue weighted by atomic mass is 9.99. The van der Waals surface area contributed by atoms with Gasteiger partial charge in [-0.1, -0.05) is 6.58 Å². The monoisotopic (exact) mass is 378 g/mol. The zero-order chi connectivity index (χ0) is 20.5. The summed E-state index contributed by atoms with van der Waals surface area (Å²) in [6.45, 7) is 11.2. The molecule has 1 aromatic carbocycles. The molecule has 7 heteroatoms. The lowest BCUT2D eigenvalue weighted by molar-refractivity contribution is 0.0950. The van der Waals surface area contributed by atoms with E-state index in [-0.39, 0.29) is 5.91 Å². The summed E-state index contributed by atoms with van der Waals surface area (Å²) in [5, 5.41) is 22.4. The molecule has 3 N–H and O–H groups in total. The average Bonchev–Trinajstić information content (AvgIpc) is 3.13. The molecule has 1 aromatic heterocycles. The van der Waals surface area contributed by atoms with Crippen molar-refractivity contribution in [1.82, 2.24) is 25.7 Å². The Morgan fingerprint density at radius 3 is 2.64 bits per heavy atom. The molecule has 0 saturated heterocycles. The van der Waals surface area contributed by atoms with Crippen LogP contribution in [0.1, 0.15) is 39.5 Å². The summed E-state index contributed by atoms with van der Waals surface area (Å²) in [5.74, 6) is -0.187. The number of hydrogen-bond acceptors (Lipinski definition) is 5. The predicted octanol–water partition coefficient (Wildman–Crippen LogP) is 2.49. The first-order valence-corrected chi connectivity index (χ1v) is 9.09. The van der Waals surface area contributed by atoms with E-state index in [1.807, 2.05) is 39.1 Å². The van der Waals surface area contributed by atoms with Crippen molar-refractivity contribution in [3.63, 3.8) is 0 Å². The van der Waals surface area contributed by atoms with Crippen molar-refractivity contribution in [3.05, 3.63) is 77.0 Å². The van der Waals surface area contributed by atoms with Gasteiger partial charge in [0, 0.05) is 31.2 Å². The van der Waals surface area contributed by atoms with E-state index in [4.69, 9.17) is 5.26 Å². The van der Waals surface area contributed by atoms with Crippen LogP contribution < -0.4 is 16.0 Å². The minimum absolute atomic E-state index is 0.187. The van der Waals surface area contributed by atoms with Crippen molar-refractivity contribution < 1.29 is 4.79 Å². The van der Waals surface area contributed by atoms with Crippen molar-refractivity contribution in [2.24, 2.45) is 0 Å². The summed E-state index contributed by atoms with van der Waals surface area (Å²) in [6, 6.07) is 5.81. The fraction of sp³-hybridized carbons (Fsp3) is 0.286. The first-order valence-electron chi connectivity index (χ1n) is 9.09. The van der Waals surface area contributed by atoms with Crippen LogP contribution in [0.4, 0.5) is 0 Å². The van der Waals surface area contributed by atoms with Crippen molar-refractivity contribution in [3.8, 4) is 6.07 Å². The van der Waals surface area contributed by atoms with E-state index in [1.54, 1.807) is 23.3 Å². The van der Waals surface area contributed by atoms with E-state index in [0.29, 0.717) is 24.2 Å². The molecule has 0 aliphatic rings. The molecule has 0 aliphatic carbocycles. The molecule has 1 heterocycles. The Balaban J connectivity index is 2.03. The number of aromatic nitrogens is 2. The summed E-state index contributed by atoms with van der Waals surface area (Å²) in [4.78, 5) is 12.5. The molecule has 0 aliphatic heterocycles. The molecular weight excluding hydrogens is 352 g/mol. The Bertz CT molecular complexity index is 896. The van der Waals surface area contributed by atoms with E-state index < -0.39 is 0 Å². The van der Waals surface area contributed by atoms with E-state index in [9.17, 15) is 4.79 Å². The van der Waals surface area contributed by atoms with Crippen molar-refractivity contribution in [2.75, 3.05) is 6.54 Å². The standard InChI is InChI=1S/C21H26N6O/c1-5-23-11-19(24-6-2)14-27-13-18(10-26-27)21(28)25-12-20-15(3)7-17(9-22)8-16(20)4/h5,7-8,10-11,13,23-24H,1,6,12,14H2,2-4H3,(H,25,28)/b19-11-. The Morgan fingerprint density at radius 1 is 1.32 bits per heavy atom. The van der Waals surface area contributed by atoms with E-state index in [1.165, 1.54) is 0 Å². The van der Waals surface area contributed by atoms with Crippen LogP contribution in [0.2, 0.25) is 0 Å². The van der Waals surface area contributed by atoms with Gasteiger partial charge in [0.25, 0.3) is 5.91 Å². The zero-order valence-electron chi connectivity index (χ0n) is 16.5. The number of nitrogens with zero attached hydrogens (tertiary/aromatic N) is 3. The number of likely N-dealkylation sites (N-methyl/N-ethyl adjacent to an activating group) is 1. The average molecular weight is 378 g/mol. The molecule has 7 nitrogen and oxygen atoms in total. The molecule has 0 fully saturated rings. The Hall–Kier alpha value is -3.53. The minimum atomic E-state index is -0.187. The van der Waals surface area contributed by atoms with Crippen LogP contribution in [0.15, 0.2) is 49.2 Å². The number of amides is 1. The van der Waals surface area contributed by atoms with E-state index in [2.05, 4.69) is 33.7 Å². The third-order valence-electron chi connectivity index (χ3n) is 4.26. The fourth-order valence-corrected chi connectivity index (χ4v) is 2.89. The molecule has 1 amide bonds. The SMILES string of the molecule is C=CN/C=C(/Cn1cc(C(=O)NCc2c(C)cc(C#N)cc2C)cn1)NCC. The first-order chi connectivity index (χ1) is 13.5. The molecule has 146 valence electrons. The van der Waals surface area contributed by atoms with Gasteiger partial charge in [0.2, 0.25) is 0 Å². The van der Waals surface area contributed by atoms with Crippen molar-refractivity contribution in [2.45, 2.75) is 33.9 Å². The quantitative estimate of drug-likeness (QED) is 0.623. The molecule has 0 saturated carbocycles. The van der Waals surface area contributed by atoms with Gasteiger partial charge in [-0.25, -0.2) is 0 Å². The van der Waals surface area contributed by atoms with Crippen LogP contribution in [-0.2, 0) is 13.1 Å². The van der Waals surface area contributed by atoms with Crippen LogP contribution in [0.5, 0.6) is 0 Å². The van der Waals surface area contributed by atoms with Gasteiger partial charge >= 0.3 is 0 Å². The summed E-state index contributed by atoms with van der Waals surface area (Å²) >= 11 is 0. The highest BCUT2D eigenvalue weighted by molar-refractivity contribution is 5.93. The molecule has 0 unspecified atom stereocenters. The van der Waals surface area contributed by atoms with Crippen LogP contribution in [0.25, 0.3) is 0 Å². The Labute approximate surface area is 165 Å². The number of rotatable bonds is 9. The lowest BCUT2D eigenvalue weighted by Gasteiger charge is -2.11. The predicted molar refractivity (Wildman–Crippen MR) is 109 cm³/mol. The molecular formula is C21H26N6O. The number of hydrogen-bond donors (Lipinski definition) is 3. The van der Waals surface area contributed by atoms with E-state index >= 15 is 0 Å². The maximum atomic E-state index is 12.5. The lowest BCUT2D eigenvalue weighted by Crippen LogP contribution is -2.23. The van der Waals surface area contributed by atoms with Crippen molar-refractivity contribution in [1.29, 1.82) is 5.26 Å². The Kier molecular flexibility index (Phi) is 7.40. The van der Waals surface area contributed by atoms with Gasteiger partial charge in [-0.05, 0) is 55.8 Å². The highest BCUT2D eigenvalue weighted by Gasteiger charge is 2.11. The topological polar surface area (TPSA) is 94.8 Å². The van der Waals surface area contributed by atoms with Gasteiger partial charge < -0.3 is 16.0 Å².